The molecule has 2 aliphatic heterocycles. The van der Waals surface area contributed by atoms with Gasteiger partial charge in [-0.05, 0) is 6.42 Å². The molecule has 14 heteroatoms. The lowest BCUT2D eigenvalue weighted by Crippen LogP contribution is -2.61. The Morgan fingerprint density at radius 1 is 0.617 bits per heavy atom. The molecule has 2 saturated heterocycles. The number of ether oxygens (including phenoxy) is 6. The zero-order valence-electron chi connectivity index (χ0n) is 28.3. The van der Waals surface area contributed by atoms with Gasteiger partial charge in [-0.3, -0.25) is 4.79 Å². The first-order valence-electron chi connectivity index (χ1n) is 17.6. The van der Waals surface area contributed by atoms with Gasteiger partial charge in [-0.1, -0.05) is 90.4 Å². The molecule has 0 amide bonds. The van der Waals surface area contributed by atoms with Gasteiger partial charge in [0.15, 0.2) is 12.6 Å². The Kier molecular flexibility index (Phi) is 21.7. The van der Waals surface area contributed by atoms with Crippen molar-refractivity contribution in [3.63, 3.8) is 0 Å². The highest BCUT2D eigenvalue weighted by molar-refractivity contribution is 5.66. The molecule has 0 aromatic carbocycles. The van der Waals surface area contributed by atoms with Gasteiger partial charge < -0.3 is 64.2 Å². The minimum atomic E-state index is -1.69. The Bertz CT molecular complexity index is 803. The second kappa shape index (κ2) is 24.2. The van der Waals surface area contributed by atoms with Crippen LogP contribution in [-0.4, -0.2) is 142 Å². The number of esters is 1. The molecule has 0 bridgehead atoms. The zero-order valence-corrected chi connectivity index (χ0v) is 28.3. The van der Waals surface area contributed by atoms with Crippen LogP contribution in [-0.2, 0) is 33.2 Å². The number of carbonyl (C=O) groups is 1. The van der Waals surface area contributed by atoms with E-state index in [2.05, 4.69) is 6.92 Å². The summed E-state index contributed by atoms with van der Waals surface area (Å²) in [4.78, 5) is 11.7. The van der Waals surface area contributed by atoms with Crippen molar-refractivity contribution >= 4 is 5.97 Å². The minimum Gasteiger partial charge on any atom is -0.458 e. The summed E-state index contributed by atoms with van der Waals surface area (Å²) in [6.45, 7) is 2.66. The van der Waals surface area contributed by atoms with Gasteiger partial charge >= 0.3 is 5.97 Å². The van der Waals surface area contributed by atoms with Crippen LogP contribution in [0.25, 0.3) is 0 Å². The number of rotatable bonds is 25. The Balaban J connectivity index is 1.67. The van der Waals surface area contributed by atoms with Crippen LogP contribution in [0.2, 0.25) is 0 Å². The summed E-state index contributed by atoms with van der Waals surface area (Å²) in [5.41, 5.74) is 0. The molecule has 2 heterocycles. The molecular formula is C33H62O14. The third kappa shape index (κ3) is 15.6. The second-order valence-corrected chi connectivity index (χ2v) is 12.8. The average molecular weight is 683 g/mol. The lowest BCUT2D eigenvalue weighted by Gasteiger charge is -2.42. The van der Waals surface area contributed by atoms with E-state index in [0.717, 1.165) is 19.3 Å². The van der Waals surface area contributed by atoms with Gasteiger partial charge in [0.05, 0.1) is 26.4 Å². The van der Waals surface area contributed by atoms with Crippen molar-refractivity contribution in [2.45, 2.75) is 171 Å². The molecular weight excluding hydrogens is 620 g/mol. The first kappa shape index (κ1) is 42.2. The minimum absolute atomic E-state index is 0.0513. The van der Waals surface area contributed by atoms with E-state index >= 15 is 0 Å². The van der Waals surface area contributed by atoms with Crippen LogP contribution < -0.4 is 0 Å². The SMILES string of the molecule is CCCCCCCCCCCCCCCCOCC(COC1OC(COC2OC(CO)C(O)C(O)C2O)C(O)C(O)C1O)OC(C)=O. The zero-order chi connectivity index (χ0) is 34.6. The normalized spacial score (nSPS) is 31.9. The van der Waals surface area contributed by atoms with E-state index in [-0.39, 0.29) is 13.2 Å². The summed E-state index contributed by atoms with van der Waals surface area (Å²) in [6, 6.07) is 0. The van der Waals surface area contributed by atoms with Crippen molar-refractivity contribution in [1.29, 1.82) is 0 Å². The van der Waals surface area contributed by atoms with Gasteiger partial charge in [0.2, 0.25) is 0 Å². The largest absolute Gasteiger partial charge is 0.458 e. The smallest absolute Gasteiger partial charge is 0.303 e. The van der Waals surface area contributed by atoms with E-state index in [4.69, 9.17) is 28.4 Å². The molecule has 0 aliphatic carbocycles. The monoisotopic (exact) mass is 682 g/mol. The fourth-order valence-electron chi connectivity index (χ4n) is 5.75. The van der Waals surface area contributed by atoms with Crippen molar-refractivity contribution < 1.29 is 69.0 Å². The molecule has 0 spiro atoms. The molecule has 7 N–H and O–H groups in total. The molecule has 11 unspecified atom stereocenters. The lowest BCUT2D eigenvalue weighted by molar-refractivity contribution is -0.332. The van der Waals surface area contributed by atoms with Gasteiger partial charge in [0, 0.05) is 13.5 Å². The summed E-state index contributed by atoms with van der Waals surface area (Å²) >= 11 is 0. The van der Waals surface area contributed by atoms with Gasteiger partial charge in [-0.15, -0.1) is 0 Å². The van der Waals surface area contributed by atoms with Crippen LogP contribution in [0.15, 0.2) is 0 Å². The van der Waals surface area contributed by atoms with E-state index in [9.17, 15) is 40.5 Å². The maximum absolute atomic E-state index is 11.7. The Labute approximate surface area is 279 Å². The Morgan fingerprint density at radius 2 is 1.09 bits per heavy atom. The molecule has 0 aromatic rings. The third-order valence-electron chi connectivity index (χ3n) is 8.67. The average Bonchev–Trinajstić information content (AvgIpc) is 3.05. The standard InChI is InChI=1S/C33H62O14/c1-3-4-5-6-7-8-9-10-11-12-13-14-15-16-17-42-19-23(45-22(2)35)20-43-32-31(41)29(39)27(37)25(47-32)21-44-33-30(40)28(38)26(36)24(18-34)46-33/h23-34,36-41H,3-21H2,1-2H3. The van der Waals surface area contributed by atoms with Gasteiger partial charge in [0.25, 0.3) is 0 Å². The predicted molar refractivity (Wildman–Crippen MR) is 169 cm³/mol. The Morgan fingerprint density at radius 3 is 1.60 bits per heavy atom. The van der Waals surface area contributed by atoms with Crippen molar-refractivity contribution in [3.8, 4) is 0 Å². The molecule has 0 aromatic heterocycles. The van der Waals surface area contributed by atoms with Crippen LogP contribution in [0.3, 0.4) is 0 Å². The molecule has 0 saturated carbocycles. The van der Waals surface area contributed by atoms with Crippen LogP contribution in [0.1, 0.15) is 104 Å². The van der Waals surface area contributed by atoms with E-state index in [1.807, 2.05) is 0 Å². The van der Waals surface area contributed by atoms with Crippen molar-refractivity contribution in [3.05, 3.63) is 0 Å². The molecule has 47 heavy (non-hydrogen) atoms. The van der Waals surface area contributed by atoms with Crippen molar-refractivity contribution in [1.82, 2.24) is 0 Å². The fourth-order valence-corrected chi connectivity index (χ4v) is 5.75. The highest BCUT2D eigenvalue weighted by atomic mass is 16.7. The van der Waals surface area contributed by atoms with E-state index < -0.39 is 86.7 Å². The summed E-state index contributed by atoms with van der Waals surface area (Å²) in [6.07, 6.45) is 1.45. The van der Waals surface area contributed by atoms with Crippen LogP contribution >= 0.6 is 0 Å². The molecule has 0 radical (unpaired) electrons. The Hall–Kier alpha value is -1.01. The van der Waals surface area contributed by atoms with Crippen LogP contribution in [0, 0.1) is 0 Å². The number of hydrogen-bond acceptors (Lipinski definition) is 14. The molecule has 278 valence electrons. The molecule has 2 aliphatic rings. The van der Waals surface area contributed by atoms with Crippen molar-refractivity contribution in [2.75, 3.05) is 33.0 Å². The lowest BCUT2D eigenvalue weighted by atomic mass is 9.98. The first-order valence-corrected chi connectivity index (χ1v) is 17.6. The summed E-state index contributed by atoms with van der Waals surface area (Å²) in [7, 11) is 0. The third-order valence-corrected chi connectivity index (χ3v) is 8.67. The molecule has 11 atom stereocenters. The molecule has 2 fully saturated rings. The maximum atomic E-state index is 11.7. The quantitative estimate of drug-likeness (QED) is 0.0530. The number of hydrogen-bond donors (Lipinski definition) is 7. The van der Waals surface area contributed by atoms with Crippen LogP contribution in [0.4, 0.5) is 0 Å². The van der Waals surface area contributed by atoms with Crippen LogP contribution in [0.5, 0.6) is 0 Å². The summed E-state index contributed by atoms with van der Waals surface area (Å²) < 4.78 is 32.9. The number of aliphatic hydroxyl groups is 7. The highest BCUT2D eigenvalue weighted by Crippen LogP contribution is 2.26. The van der Waals surface area contributed by atoms with Gasteiger partial charge in [-0.2, -0.15) is 0 Å². The summed E-state index contributed by atoms with van der Waals surface area (Å²) in [5.74, 6) is -0.551. The van der Waals surface area contributed by atoms with E-state index in [1.54, 1.807) is 0 Å². The highest BCUT2D eigenvalue weighted by Gasteiger charge is 2.47. The van der Waals surface area contributed by atoms with Gasteiger partial charge in [0.1, 0.15) is 54.9 Å². The van der Waals surface area contributed by atoms with Gasteiger partial charge in [-0.25, -0.2) is 0 Å². The number of carbonyl (C=O) groups excluding carboxylic acids is 1. The molecule has 2 rings (SSSR count). The fraction of sp³-hybridized carbons (Fsp3) is 0.970. The van der Waals surface area contributed by atoms with Crippen molar-refractivity contribution in [2.24, 2.45) is 0 Å². The maximum Gasteiger partial charge on any atom is 0.303 e. The van der Waals surface area contributed by atoms with E-state index in [1.165, 1.54) is 77.6 Å². The second-order valence-electron chi connectivity index (χ2n) is 12.8. The van der Waals surface area contributed by atoms with E-state index in [0.29, 0.717) is 6.61 Å². The number of aliphatic hydroxyl groups excluding tert-OH is 7. The topological polar surface area (TPSA) is 214 Å². The number of unbranched alkanes of at least 4 members (excludes halogenated alkanes) is 13. The molecule has 14 nitrogen and oxygen atoms in total. The first-order chi connectivity index (χ1) is 22.6. The summed E-state index contributed by atoms with van der Waals surface area (Å²) in [5, 5.41) is 70.7. The predicted octanol–water partition coefficient (Wildman–Crippen LogP) is 1.06.